The van der Waals surface area contributed by atoms with E-state index in [4.69, 9.17) is 31.1 Å². The van der Waals surface area contributed by atoms with Gasteiger partial charge in [0.25, 0.3) is 0 Å². The molecule has 0 heterocycles. The Morgan fingerprint density at radius 3 is 2.32 bits per heavy atom. The maximum absolute atomic E-state index is 12.4. The minimum Gasteiger partial charge on any atom is -0.445 e. The number of carbonyl (C=O) groups excluding carboxylic acids is 1. The van der Waals surface area contributed by atoms with Crippen LogP contribution in [-0.2, 0) is 9.53 Å². The Morgan fingerprint density at radius 1 is 0.929 bits per heavy atom. The van der Waals surface area contributed by atoms with E-state index in [1.54, 1.807) is 42.5 Å². The number of ether oxygens (including phenoxy) is 3. The molecule has 0 amide bonds. The van der Waals surface area contributed by atoms with Crippen LogP contribution in [0.15, 0.2) is 78.9 Å². The predicted octanol–water partition coefficient (Wildman–Crippen LogP) is 4.86. The van der Waals surface area contributed by atoms with Crippen molar-refractivity contribution in [2.45, 2.75) is 6.29 Å². The van der Waals surface area contributed by atoms with Crippen LogP contribution < -0.4 is 9.47 Å². The molecule has 140 valence electrons. The van der Waals surface area contributed by atoms with E-state index >= 15 is 0 Å². The molecule has 5 nitrogen and oxygen atoms in total. The highest BCUT2D eigenvalue weighted by Gasteiger charge is 2.26. The second kappa shape index (κ2) is 9.45. The molecular formula is C22H16ClNO4. The average molecular weight is 394 g/mol. The second-order valence-electron chi connectivity index (χ2n) is 5.65. The van der Waals surface area contributed by atoms with Crippen LogP contribution in [0, 0.1) is 11.3 Å². The van der Waals surface area contributed by atoms with Crippen molar-refractivity contribution in [2.75, 3.05) is 6.61 Å². The summed E-state index contributed by atoms with van der Waals surface area (Å²) in [6.07, 6.45) is -1.39. The van der Waals surface area contributed by atoms with Crippen molar-refractivity contribution < 1.29 is 19.0 Å². The van der Waals surface area contributed by atoms with Gasteiger partial charge >= 0.3 is 12.3 Å². The van der Waals surface area contributed by atoms with E-state index in [0.717, 1.165) is 11.1 Å². The first-order chi connectivity index (χ1) is 13.7. The molecule has 0 spiro atoms. The summed E-state index contributed by atoms with van der Waals surface area (Å²) >= 11 is 5.88. The van der Waals surface area contributed by atoms with Crippen molar-refractivity contribution in [1.29, 1.82) is 5.26 Å². The summed E-state index contributed by atoms with van der Waals surface area (Å²) in [7, 11) is 0. The lowest BCUT2D eigenvalue weighted by Crippen LogP contribution is -2.35. The third kappa shape index (κ3) is 5.03. The number of hydrogen-bond donors (Lipinski definition) is 0. The quantitative estimate of drug-likeness (QED) is 0.423. The zero-order chi connectivity index (χ0) is 19.8. The van der Waals surface area contributed by atoms with Crippen LogP contribution in [0.4, 0.5) is 0 Å². The highest BCUT2D eigenvalue weighted by molar-refractivity contribution is 6.30. The lowest BCUT2D eigenvalue weighted by molar-refractivity contribution is -0.164. The van der Waals surface area contributed by atoms with Gasteiger partial charge in [0.05, 0.1) is 0 Å². The van der Waals surface area contributed by atoms with Gasteiger partial charge < -0.3 is 14.2 Å². The number of nitrogens with zero attached hydrogens (tertiary/aromatic N) is 1. The monoisotopic (exact) mass is 393 g/mol. The van der Waals surface area contributed by atoms with Crippen LogP contribution in [0.5, 0.6) is 11.5 Å². The first-order valence-electron chi connectivity index (χ1n) is 8.44. The fraction of sp³-hybridized carbons (Fsp3) is 0.0909. The molecule has 0 aliphatic carbocycles. The normalized spacial score (nSPS) is 11.1. The maximum Gasteiger partial charge on any atom is 0.390 e. The summed E-state index contributed by atoms with van der Waals surface area (Å²) < 4.78 is 16.4. The Labute approximate surface area is 167 Å². The summed E-state index contributed by atoms with van der Waals surface area (Å²) in [5.41, 5.74) is 1.72. The van der Waals surface area contributed by atoms with E-state index < -0.39 is 18.9 Å². The van der Waals surface area contributed by atoms with E-state index in [9.17, 15) is 4.79 Å². The lowest BCUT2D eigenvalue weighted by Gasteiger charge is -2.20. The van der Waals surface area contributed by atoms with Gasteiger partial charge in [-0.05, 0) is 35.9 Å². The minimum absolute atomic E-state index is 0.375. The lowest BCUT2D eigenvalue weighted by atomic mass is 10.1. The number of halogens is 1. The first-order valence-corrected chi connectivity index (χ1v) is 8.82. The van der Waals surface area contributed by atoms with Gasteiger partial charge in [-0.3, -0.25) is 0 Å². The van der Waals surface area contributed by atoms with Gasteiger partial charge in [-0.1, -0.05) is 60.1 Å². The SMILES string of the molecule is N#CCOC(=O)C(Oc1ccc(Cl)cc1)Oc1ccccc1-c1ccccc1. The molecule has 3 rings (SSSR count). The molecule has 0 bridgehead atoms. The van der Waals surface area contributed by atoms with Gasteiger partial charge in [-0.2, -0.15) is 5.26 Å². The van der Waals surface area contributed by atoms with Crippen molar-refractivity contribution in [3.63, 3.8) is 0 Å². The van der Waals surface area contributed by atoms with Crippen LogP contribution in [0.2, 0.25) is 5.02 Å². The number of carbonyl (C=O) groups is 1. The Bertz CT molecular complexity index is 968. The van der Waals surface area contributed by atoms with Crippen LogP contribution in [0.25, 0.3) is 11.1 Å². The van der Waals surface area contributed by atoms with Crippen molar-refractivity contribution in [3.8, 4) is 28.7 Å². The summed E-state index contributed by atoms with van der Waals surface area (Å²) in [6, 6.07) is 25.1. The molecule has 0 aliphatic rings. The van der Waals surface area contributed by atoms with E-state index in [1.165, 1.54) is 0 Å². The van der Waals surface area contributed by atoms with Crippen molar-refractivity contribution in [1.82, 2.24) is 0 Å². The number of benzene rings is 3. The fourth-order valence-electron chi connectivity index (χ4n) is 2.47. The summed E-state index contributed by atoms with van der Waals surface area (Å²) in [5, 5.41) is 9.21. The van der Waals surface area contributed by atoms with Gasteiger partial charge in [0.1, 0.15) is 17.6 Å². The number of para-hydroxylation sites is 1. The molecular weight excluding hydrogens is 378 g/mol. The summed E-state index contributed by atoms with van der Waals surface area (Å²) in [5.74, 6) is 0.0152. The highest BCUT2D eigenvalue weighted by Crippen LogP contribution is 2.31. The molecule has 1 atom stereocenters. The van der Waals surface area contributed by atoms with Crippen molar-refractivity contribution in [3.05, 3.63) is 83.9 Å². The Balaban J connectivity index is 1.88. The van der Waals surface area contributed by atoms with Crippen LogP contribution in [-0.4, -0.2) is 18.9 Å². The summed E-state index contributed by atoms with van der Waals surface area (Å²) in [6.45, 7) is -0.400. The van der Waals surface area contributed by atoms with E-state index in [0.29, 0.717) is 16.5 Å². The molecule has 28 heavy (non-hydrogen) atoms. The second-order valence-corrected chi connectivity index (χ2v) is 6.09. The number of hydrogen-bond acceptors (Lipinski definition) is 5. The molecule has 1 unspecified atom stereocenters. The molecule has 0 fully saturated rings. The standard InChI is InChI=1S/C22H16ClNO4/c23-17-10-12-18(13-11-17)27-22(21(25)26-15-14-24)28-20-9-5-4-8-19(20)16-6-2-1-3-7-16/h1-13,22H,15H2. The van der Waals surface area contributed by atoms with Crippen LogP contribution >= 0.6 is 11.6 Å². The molecule has 0 aromatic heterocycles. The Morgan fingerprint density at radius 2 is 1.61 bits per heavy atom. The molecule has 6 heteroatoms. The van der Waals surface area contributed by atoms with Gasteiger partial charge in [0.2, 0.25) is 0 Å². The van der Waals surface area contributed by atoms with E-state index in [2.05, 4.69) is 0 Å². The fourth-order valence-corrected chi connectivity index (χ4v) is 2.60. The minimum atomic E-state index is -1.39. The zero-order valence-corrected chi connectivity index (χ0v) is 15.5. The molecule has 0 aliphatic heterocycles. The first kappa shape index (κ1) is 19.3. The van der Waals surface area contributed by atoms with Crippen molar-refractivity contribution >= 4 is 17.6 Å². The van der Waals surface area contributed by atoms with Gasteiger partial charge in [-0.25, -0.2) is 4.79 Å². The van der Waals surface area contributed by atoms with Crippen LogP contribution in [0.1, 0.15) is 0 Å². The highest BCUT2D eigenvalue weighted by atomic mass is 35.5. The van der Waals surface area contributed by atoms with E-state index in [1.807, 2.05) is 42.5 Å². The molecule has 0 radical (unpaired) electrons. The molecule has 3 aromatic carbocycles. The Kier molecular flexibility index (Phi) is 6.50. The largest absolute Gasteiger partial charge is 0.445 e. The molecule has 0 N–H and O–H groups in total. The maximum atomic E-state index is 12.4. The predicted molar refractivity (Wildman–Crippen MR) is 105 cm³/mol. The number of esters is 1. The third-order valence-corrected chi connectivity index (χ3v) is 3.99. The smallest absolute Gasteiger partial charge is 0.390 e. The number of rotatable bonds is 7. The zero-order valence-electron chi connectivity index (χ0n) is 14.7. The van der Waals surface area contributed by atoms with Gasteiger partial charge in [0, 0.05) is 10.6 Å². The van der Waals surface area contributed by atoms with Crippen molar-refractivity contribution in [2.24, 2.45) is 0 Å². The summed E-state index contributed by atoms with van der Waals surface area (Å²) in [4.78, 5) is 12.4. The Hall–Kier alpha value is -3.49. The van der Waals surface area contributed by atoms with Gasteiger partial charge in [0.15, 0.2) is 6.61 Å². The van der Waals surface area contributed by atoms with Crippen LogP contribution in [0.3, 0.4) is 0 Å². The van der Waals surface area contributed by atoms with E-state index in [-0.39, 0.29) is 0 Å². The number of nitriles is 1. The molecule has 0 saturated carbocycles. The average Bonchev–Trinajstić information content (AvgIpc) is 2.74. The topological polar surface area (TPSA) is 68.5 Å². The van der Waals surface area contributed by atoms with Gasteiger partial charge in [-0.15, -0.1) is 0 Å². The molecule has 0 saturated heterocycles. The third-order valence-electron chi connectivity index (χ3n) is 3.73. The molecule has 3 aromatic rings.